The minimum Gasteiger partial charge on any atom is -0.494 e. The molecule has 2 aromatic carbocycles. The molecule has 0 amide bonds. The Balaban J connectivity index is 1.52. The summed E-state index contributed by atoms with van der Waals surface area (Å²) in [5.41, 5.74) is 2.45. The fourth-order valence-corrected chi connectivity index (χ4v) is 3.89. The zero-order valence-electron chi connectivity index (χ0n) is 16.7. The van der Waals surface area contributed by atoms with Crippen molar-refractivity contribution in [2.75, 3.05) is 26.2 Å². The summed E-state index contributed by atoms with van der Waals surface area (Å²) in [5.74, 6) is 1.02. The summed E-state index contributed by atoms with van der Waals surface area (Å²) in [7, 11) is 0. The van der Waals surface area contributed by atoms with Crippen LogP contribution in [0.1, 0.15) is 19.3 Å². The highest BCUT2D eigenvalue weighted by molar-refractivity contribution is 6.30. The van der Waals surface area contributed by atoms with Crippen LogP contribution in [0, 0.1) is 0 Å². The van der Waals surface area contributed by atoms with Crippen LogP contribution in [0.3, 0.4) is 0 Å². The van der Waals surface area contributed by atoms with E-state index in [0.29, 0.717) is 18.1 Å². The average Bonchev–Trinajstić information content (AvgIpc) is 3.42. The Bertz CT molecular complexity index is 999. The lowest BCUT2D eigenvalue weighted by molar-refractivity contribution is -0.120. The van der Waals surface area contributed by atoms with Gasteiger partial charge in [-0.1, -0.05) is 29.8 Å². The van der Waals surface area contributed by atoms with E-state index in [2.05, 4.69) is 10.00 Å². The number of hydrogen-bond donors (Lipinski definition) is 0. The van der Waals surface area contributed by atoms with Crippen molar-refractivity contribution in [1.29, 1.82) is 0 Å². The summed E-state index contributed by atoms with van der Waals surface area (Å²) in [6.45, 7) is 4.53. The van der Waals surface area contributed by atoms with Crippen LogP contribution in [0.25, 0.3) is 16.9 Å². The SMILES string of the molecule is O=COc1cc(-c2cccc(OCCCN3CCCC3)c2)n(-c2cccc(Cl)c2)n1. The van der Waals surface area contributed by atoms with Crippen molar-refractivity contribution in [2.24, 2.45) is 0 Å². The number of aromatic nitrogens is 2. The van der Waals surface area contributed by atoms with Crippen LogP contribution in [-0.2, 0) is 4.79 Å². The van der Waals surface area contributed by atoms with Gasteiger partial charge in [0.25, 0.3) is 6.47 Å². The van der Waals surface area contributed by atoms with Gasteiger partial charge in [-0.05, 0) is 62.7 Å². The van der Waals surface area contributed by atoms with Crippen molar-refractivity contribution < 1.29 is 14.3 Å². The molecule has 3 aromatic rings. The van der Waals surface area contributed by atoms with Gasteiger partial charge >= 0.3 is 0 Å². The van der Waals surface area contributed by atoms with Crippen LogP contribution in [0.2, 0.25) is 5.02 Å². The van der Waals surface area contributed by atoms with Crippen molar-refractivity contribution in [2.45, 2.75) is 19.3 Å². The first kappa shape index (κ1) is 20.4. The molecule has 1 fully saturated rings. The number of ether oxygens (including phenoxy) is 2. The molecule has 0 radical (unpaired) electrons. The van der Waals surface area contributed by atoms with Gasteiger partial charge in [0.2, 0.25) is 5.88 Å². The highest BCUT2D eigenvalue weighted by Gasteiger charge is 2.14. The largest absolute Gasteiger partial charge is 0.494 e. The molecule has 7 heteroatoms. The Morgan fingerprint density at radius 2 is 1.90 bits per heavy atom. The zero-order valence-corrected chi connectivity index (χ0v) is 17.4. The lowest BCUT2D eigenvalue weighted by Crippen LogP contribution is -2.21. The molecule has 4 rings (SSSR count). The molecular formula is C23H24ClN3O3. The molecular weight excluding hydrogens is 402 g/mol. The summed E-state index contributed by atoms with van der Waals surface area (Å²) in [6.07, 6.45) is 3.61. The number of hydrogen-bond acceptors (Lipinski definition) is 5. The molecule has 0 spiro atoms. The van der Waals surface area contributed by atoms with E-state index >= 15 is 0 Å². The molecule has 0 N–H and O–H groups in total. The average molecular weight is 426 g/mol. The van der Waals surface area contributed by atoms with Gasteiger partial charge in [-0.2, -0.15) is 0 Å². The molecule has 1 aliphatic heterocycles. The summed E-state index contributed by atoms with van der Waals surface area (Å²) in [4.78, 5) is 13.3. The van der Waals surface area contributed by atoms with Crippen molar-refractivity contribution in [3.63, 3.8) is 0 Å². The third-order valence-corrected chi connectivity index (χ3v) is 5.36. The molecule has 0 bridgehead atoms. The monoisotopic (exact) mass is 425 g/mol. The number of likely N-dealkylation sites (tertiary alicyclic amines) is 1. The van der Waals surface area contributed by atoms with E-state index < -0.39 is 0 Å². The number of carbonyl (C=O) groups excluding carboxylic acids is 1. The standard InChI is InChI=1S/C23H24ClN3O3/c24-19-7-4-8-20(15-19)27-22(16-23(25-27)30-17-28)18-6-3-9-21(14-18)29-13-5-12-26-10-1-2-11-26/h3-4,6-9,14-17H,1-2,5,10-13H2. The molecule has 2 heterocycles. The summed E-state index contributed by atoms with van der Waals surface area (Å²) < 4.78 is 12.7. The Morgan fingerprint density at radius 3 is 2.70 bits per heavy atom. The van der Waals surface area contributed by atoms with Crippen molar-refractivity contribution in [3.05, 3.63) is 59.6 Å². The quantitative estimate of drug-likeness (QED) is 0.370. The number of benzene rings is 2. The molecule has 1 aromatic heterocycles. The molecule has 0 saturated carbocycles. The Morgan fingerprint density at radius 1 is 1.07 bits per heavy atom. The van der Waals surface area contributed by atoms with Gasteiger partial charge in [0.15, 0.2) is 0 Å². The van der Waals surface area contributed by atoms with E-state index in [1.165, 1.54) is 25.9 Å². The molecule has 0 unspecified atom stereocenters. The van der Waals surface area contributed by atoms with Gasteiger partial charge in [0.05, 0.1) is 18.0 Å². The van der Waals surface area contributed by atoms with E-state index in [1.54, 1.807) is 22.9 Å². The highest BCUT2D eigenvalue weighted by Crippen LogP contribution is 2.30. The maximum Gasteiger partial charge on any atom is 0.299 e. The molecule has 1 aliphatic rings. The first-order chi connectivity index (χ1) is 14.7. The number of rotatable bonds is 9. The van der Waals surface area contributed by atoms with Crippen LogP contribution in [0.4, 0.5) is 0 Å². The fourth-order valence-electron chi connectivity index (χ4n) is 3.71. The van der Waals surface area contributed by atoms with E-state index in [9.17, 15) is 4.79 Å². The Kier molecular flexibility index (Phi) is 6.67. The second kappa shape index (κ2) is 9.78. The molecule has 30 heavy (non-hydrogen) atoms. The lowest BCUT2D eigenvalue weighted by atomic mass is 10.1. The third-order valence-electron chi connectivity index (χ3n) is 5.12. The zero-order chi connectivity index (χ0) is 20.8. The Labute approximate surface area is 181 Å². The van der Waals surface area contributed by atoms with Crippen molar-refractivity contribution >= 4 is 18.1 Å². The van der Waals surface area contributed by atoms with Gasteiger partial charge in [-0.25, -0.2) is 4.68 Å². The number of nitrogens with zero attached hydrogens (tertiary/aromatic N) is 3. The number of halogens is 1. The molecule has 1 saturated heterocycles. The molecule has 0 aliphatic carbocycles. The topological polar surface area (TPSA) is 56.6 Å². The van der Waals surface area contributed by atoms with Crippen molar-refractivity contribution in [3.8, 4) is 28.6 Å². The van der Waals surface area contributed by atoms with Crippen LogP contribution >= 0.6 is 11.6 Å². The molecule has 6 nitrogen and oxygen atoms in total. The molecule has 156 valence electrons. The Hall–Kier alpha value is -2.83. The van der Waals surface area contributed by atoms with Gasteiger partial charge in [0.1, 0.15) is 5.75 Å². The minimum absolute atomic E-state index is 0.219. The maximum atomic E-state index is 10.8. The smallest absolute Gasteiger partial charge is 0.299 e. The summed E-state index contributed by atoms with van der Waals surface area (Å²) in [5, 5.41) is 4.99. The highest BCUT2D eigenvalue weighted by atomic mass is 35.5. The van der Waals surface area contributed by atoms with Gasteiger partial charge < -0.3 is 14.4 Å². The van der Waals surface area contributed by atoms with Crippen LogP contribution in [-0.4, -0.2) is 47.4 Å². The summed E-state index contributed by atoms with van der Waals surface area (Å²) >= 11 is 6.15. The predicted molar refractivity (Wildman–Crippen MR) is 116 cm³/mol. The van der Waals surface area contributed by atoms with Crippen LogP contribution < -0.4 is 9.47 Å². The lowest BCUT2D eigenvalue weighted by Gasteiger charge is -2.14. The number of carbonyl (C=O) groups is 1. The third kappa shape index (κ3) is 5.01. The summed E-state index contributed by atoms with van der Waals surface area (Å²) in [6, 6.07) is 16.9. The first-order valence-corrected chi connectivity index (χ1v) is 10.5. The van der Waals surface area contributed by atoms with E-state index in [-0.39, 0.29) is 5.88 Å². The van der Waals surface area contributed by atoms with Crippen molar-refractivity contribution in [1.82, 2.24) is 14.7 Å². The van der Waals surface area contributed by atoms with E-state index in [1.807, 2.05) is 36.4 Å². The predicted octanol–water partition coefficient (Wildman–Crippen LogP) is 4.59. The van der Waals surface area contributed by atoms with Gasteiger partial charge in [-0.3, -0.25) is 4.79 Å². The van der Waals surface area contributed by atoms with Crippen LogP contribution in [0.5, 0.6) is 11.6 Å². The maximum absolute atomic E-state index is 10.8. The molecule has 0 atom stereocenters. The normalized spacial score (nSPS) is 14.0. The van der Waals surface area contributed by atoms with E-state index in [0.717, 1.165) is 35.7 Å². The fraction of sp³-hybridized carbons (Fsp3) is 0.304. The van der Waals surface area contributed by atoms with Gasteiger partial charge in [-0.15, -0.1) is 5.10 Å². The van der Waals surface area contributed by atoms with E-state index in [4.69, 9.17) is 21.1 Å². The minimum atomic E-state index is 0.219. The second-order valence-electron chi connectivity index (χ2n) is 7.25. The van der Waals surface area contributed by atoms with Crippen LogP contribution in [0.15, 0.2) is 54.6 Å². The second-order valence-corrected chi connectivity index (χ2v) is 7.69. The van der Waals surface area contributed by atoms with Gasteiger partial charge in [0, 0.05) is 23.2 Å². The first-order valence-electron chi connectivity index (χ1n) is 10.1.